The first-order valence-electron chi connectivity index (χ1n) is 7.82. The maximum absolute atomic E-state index is 12.6. The van der Waals surface area contributed by atoms with Crippen molar-refractivity contribution >= 4 is 21.9 Å². The van der Waals surface area contributed by atoms with Gasteiger partial charge in [-0.05, 0) is 37.6 Å². The molecule has 1 aromatic carbocycles. The molecule has 1 aromatic heterocycles. The third-order valence-corrected chi connectivity index (χ3v) is 4.45. The van der Waals surface area contributed by atoms with Crippen LogP contribution in [0.4, 0.5) is 0 Å². The van der Waals surface area contributed by atoms with Gasteiger partial charge in [-0.3, -0.25) is 14.8 Å². The molecule has 0 aliphatic rings. The molecule has 0 spiro atoms. The molecule has 0 bridgehead atoms. The Morgan fingerprint density at radius 1 is 1.40 bits per heavy atom. The first kappa shape index (κ1) is 19.1. The molecule has 2 aromatic rings. The molecule has 1 atom stereocenters. The number of rotatable bonds is 6. The lowest BCUT2D eigenvalue weighted by Gasteiger charge is -2.27. The molecule has 0 saturated heterocycles. The highest BCUT2D eigenvalue weighted by Crippen LogP contribution is 2.33. The Labute approximate surface area is 154 Å². The summed E-state index contributed by atoms with van der Waals surface area (Å²) < 4.78 is 7.94. The number of ether oxygens (including phenoxy) is 1. The Morgan fingerprint density at radius 2 is 2.00 bits per heavy atom. The molecule has 25 heavy (non-hydrogen) atoms. The fourth-order valence-corrected chi connectivity index (χ4v) is 2.74. The van der Waals surface area contributed by atoms with Gasteiger partial charge in [-0.1, -0.05) is 28.1 Å². The van der Waals surface area contributed by atoms with Crippen molar-refractivity contribution in [1.29, 1.82) is 0 Å². The lowest BCUT2D eigenvalue weighted by atomic mass is 9.92. The minimum atomic E-state index is -1.49. The minimum Gasteiger partial charge on any atom is -0.445 e. The van der Waals surface area contributed by atoms with E-state index in [9.17, 15) is 14.9 Å². The number of esters is 1. The Balaban J connectivity index is 2.40. The van der Waals surface area contributed by atoms with E-state index < -0.39 is 22.5 Å². The SMILES string of the molecule is CCn1nc(C)cc1C(=O)O[C@@H](c1ccc(Br)cc1)C(C)(C)[N+](=O)[O-]. The zero-order chi connectivity index (χ0) is 18.8. The van der Waals surface area contributed by atoms with Gasteiger partial charge < -0.3 is 4.74 Å². The first-order chi connectivity index (χ1) is 11.7. The lowest BCUT2D eigenvalue weighted by molar-refractivity contribution is -0.574. The summed E-state index contributed by atoms with van der Waals surface area (Å²) in [6.07, 6.45) is -1.04. The number of hydrogen-bond donors (Lipinski definition) is 0. The van der Waals surface area contributed by atoms with Crippen molar-refractivity contribution in [3.8, 4) is 0 Å². The molecule has 0 unspecified atom stereocenters. The monoisotopic (exact) mass is 409 g/mol. The summed E-state index contributed by atoms with van der Waals surface area (Å²) in [5.41, 5.74) is 0.0246. The highest BCUT2D eigenvalue weighted by Gasteiger charge is 2.45. The molecule has 0 aliphatic carbocycles. The molecule has 134 valence electrons. The van der Waals surface area contributed by atoms with Crippen molar-refractivity contribution in [1.82, 2.24) is 9.78 Å². The van der Waals surface area contributed by atoms with E-state index in [2.05, 4.69) is 21.0 Å². The molecule has 0 amide bonds. The maximum Gasteiger partial charge on any atom is 0.357 e. The van der Waals surface area contributed by atoms with Gasteiger partial charge in [0.1, 0.15) is 5.69 Å². The van der Waals surface area contributed by atoms with E-state index in [1.807, 2.05) is 6.92 Å². The summed E-state index contributed by atoms with van der Waals surface area (Å²) in [6, 6.07) is 8.54. The summed E-state index contributed by atoms with van der Waals surface area (Å²) in [5.74, 6) is -0.634. The second-order valence-electron chi connectivity index (χ2n) is 6.23. The van der Waals surface area contributed by atoms with Crippen molar-refractivity contribution < 1.29 is 14.5 Å². The van der Waals surface area contributed by atoms with E-state index in [1.165, 1.54) is 18.5 Å². The van der Waals surface area contributed by atoms with Gasteiger partial charge in [0.2, 0.25) is 0 Å². The number of nitrogens with zero attached hydrogens (tertiary/aromatic N) is 3. The molecule has 7 nitrogen and oxygen atoms in total. The van der Waals surface area contributed by atoms with Crippen LogP contribution in [0.15, 0.2) is 34.8 Å². The van der Waals surface area contributed by atoms with Gasteiger partial charge in [0.25, 0.3) is 5.54 Å². The predicted molar refractivity (Wildman–Crippen MR) is 96.0 cm³/mol. The molecule has 0 fully saturated rings. The molecular formula is C17H20BrN3O4. The average Bonchev–Trinajstić information content (AvgIpc) is 2.94. The van der Waals surface area contributed by atoms with E-state index in [-0.39, 0.29) is 5.69 Å². The van der Waals surface area contributed by atoms with Crippen LogP contribution in [-0.4, -0.2) is 26.2 Å². The number of aromatic nitrogens is 2. The van der Waals surface area contributed by atoms with Crippen LogP contribution in [0.1, 0.15) is 48.6 Å². The number of benzene rings is 1. The molecule has 8 heteroatoms. The standard InChI is InChI=1S/C17H20BrN3O4/c1-5-20-14(10-11(2)19-20)16(22)25-15(17(3,4)21(23)24)12-6-8-13(18)9-7-12/h6-10,15H,5H2,1-4H3/t15-/m0/s1. The van der Waals surface area contributed by atoms with E-state index in [0.29, 0.717) is 17.8 Å². The molecule has 0 aliphatic heterocycles. The summed E-state index contributed by atoms with van der Waals surface area (Å²) in [6.45, 7) is 7.01. The Bertz CT molecular complexity index is 784. The summed E-state index contributed by atoms with van der Waals surface area (Å²) in [7, 11) is 0. The van der Waals surface area contributed by atoms with Gasteiger partial charge in [-0.25, -0.2) is 4.79 Å². The van der Waals surface area contributed by atoms with Gasteiger partial charge in [0.15, 0.2) is 6.10 Å². The van der Waals surface area contributed by atoms with Crippen LogP contribution in [0.3, 0.4) is 0 Å². The number of aryl methyl sites for hydroxylation is 2. The second kappa shape index (κ2) is 7.35. The Morgan fingerprint density at radius 3 is 2.52 bits per heavy atom. The van der Waals surface area contributed by atoms with Crippen LogP contribution in [0, 0.1) is 17.0 Å². The van der Waals surface area contributed by atoms with Crippen molar-refractivity contribution in [3.63, 3.8) is 0 Å². The number of carbonyl (C=O) groups is 1. The van der Waals surface area contributed by atoms with Crippen LogP contribution < -0.4 is 0 Å². The van der Waals surface area contributed by atoms with E-state index in [0.717, 1.165) is 4.47 Å². The average molecular weight is 410 g/mol. The molecular weight excluding hydrogens is 390 g/mol. The predicted octanol–water partition coefficient (Wildman–Crippen LogP) is 3.93. The number of nitro groups is 1. The quantitative estimate of drug-likeness (QED) is 0.409. The number of hydrogen-bond acceptors (Lipinski definition) is 5. The van der Waals surface area contributed by atoms with Crippen molar-refractivity contribution in [2.24, 2.45) is 0 Å². The Kier molecular flexibility index (Phi) is 5.62. The van der Waals surface area contributed by atoms with Crippen LogP contribution >= 0.6 is 15.9 Å². The summed E-state index contributed by atoms with van der Waals surface area (Å²) in [5, 5.41) is 15.8. The number of carbonyl (C=O) groups excluding carboxylic acids is 1. The van der Waals surface area contributed by atoms with Crippen LogP contribution in [-0.2, 0) is 11.3 Å². The Hall–Kier alpha value is -2.22. The minimum absolute atomic E-state index is 0.279. The highest BCUT2D eigenvalue weighted by atomic mass is 79.9. The summed E-state index contributed by atoms with van der Waals surface area (Å²) >= 11 is 3.33. The smallest absolute Gasteiger partial charge is 0.357 e. The van der Waals surface area contributed by atoms with Gasteiger partial charge in [0.05, 0.1) is 5.69 Å². The van der Waals surface area contributed by atoms with Crippen molar-refractivity contribution in [3.05, 3.63) is 61.9 Å². The lowest BCUT2D eigenvalue weighted by Crippen LogP contribution is -2.40. The zero-order valence-corrected chi connectivity index (χ0v) is 16.1. The molecule has 0 N–H and O–H groups in total. The highest BCUT2D eigenvalue weighted by molar-refractivity contribution is 9.10. The van der Waals surface area contributed by atoms with E-state index in [4.69, 9.17) is 4.74 Å². The number of halogens is 1. The normalized spacial score (nSPS) is 12.7. The summed E-state index contributed by atoms with van der Waals surface area (Å²) in [4.78, 5) is 23.7. The fourth-order valence-electron chi connectivity index (χ4n) is 2.47. The fraction of sp³-hybridized carbons (Fsp3) is 0.412. The first-order valence-corrected chi connectivity index (χ1v) is 8.61. The van der Waals surface area contributed by atoms with Gasteiger partial charge in [-0.15, -0.1) is 0 Å². The van der Waals surface area contributed by atoms with Crippen molar-refractivity contribution in [2.75, 3.05) is 0 Å². The third kappa shape index (κ3) is 4.07. The van der Waals surface area contributed by atoms with Crippen molar-refractivity contribution in [2.45, 2.75) is 45.9 Å². The van der Waals surface area contributed by atoms with Crippen LogP contribution in [0.5, 0.6) is 0 Å². The van der Waals surface area contributed by atoms with E-state index >= 15 is 0 Å². The van der Waals surface area contributed by atoms with Gasteiger partial charge in [-0.2, -0.15) is 5.10 Å². The molecule has 1 heterocycles. The third-order valence-electron chi connectivity index (χ3n) is 3.92. The molecule has 0 saturated carbocycles. The maximum atomic E-state index is 12.6. The largest absolute Gasteiger partial charge is 0.445 e. The zero-order valence-electron chi connectivity index (χ0n) is 14.5. The second-order valence-corrected chi connectivity index (χ2v) is 7.15. The van der Waals surface area contributed by atoms with E-state index in [1.54, 1.807) is 37.3 Å². The topological polar surface area (TPSA) is 87.3 Å². The van der Waals surface area contributed by atoms with Crippen LogP contribution in [0.2, 0.25) is 0 Å². The van der Waals surface area contributed by atoms with Crippen LogP contribution in [0.25, 0.3) is 0 Å². The van der Waals surface area contributed by atoms with Gasteiger partial charge >= 0.3 is 5.97 Å². The van der Waals surface area contributed by atoms with Gasteiger partial charge in [0, 0.05) is 29.8 Å². The molecule has 2 rings (SSSR count). The molecule has 0 radical (unpaired) electrons.